The lowest BCUT2D eigenvalue weighted by molar-refractivity contribution is -0.123. The average molecular weight is 319 g/mol. The minimum absolute atomic E-state index is 0.203. The lowest BCUT2D eigenvalue weighted by Crippen LogP contribution is -2.43. The zero-order valence-corrected chi connectivity index (χ0v) is 12.7. The van der Waals surface area contributed by atoms with E-state index in [2.05, 4.69) is 10.9 Å². The minimum atomic E-state index is -0.491. The quantitative estimate of drug-likeness (QED) is 0.851. The third kappa shape index (κ3) is 4.49. The molecule has 2 rings (SSSR count). The topological polar surface area (TPSA) is 67.4 Å². The molecule has 114 valence electrons. The van der Waals surface area contributed by atoms with Crippen molar-refractivity contribution in [1.29, 1.82) is 0 Å². The maximum Gasteiger partial charge on any atom is 0.276 e. The number of ether oxygens (including phenoxy) is 1. The Labute approximate surface area is 133 Å². The van der Waals surface area contributed by atoms with Gasteiger partial charge in [0.1, 0.15) is 5.75 Å². The Bertz CT molecular complexity index is 671. The highest BCUT2D eigenvalue weighted by molar-refractivity contribution is 6.33. The standard InChI is InChI=1S/C16H15ClN2O3/c1-11-6-8-12(9-7-11)22-10-15(20)18-19-16(21)13-4-2-3-5-14(13)17/h2-9H,10H2,1H3,(H,18,20)(H,19,21). The Balaban J connectivity index is 1.79. The van der Waals surface area contributed by atoms with Crippen molar-refractivity contribution < 1.29 is 14.3 Å². The summed E-state index contributed by atoms with van der Waals surface area (Å²) in [5.74, 6) is -0.381. The van der Waals surface area contributed by atoms with Gasteiger partial charge in [0.15, 0.2) is 6.61 Å². The molecule has 0 unspecified atom stereocenters. The lowest BCUT2D eigenvalue weighted by atomic mass is 10.2. The first-order valence-electron chi connectivity index (χ1n) is 6.59. The van der Waals surface area contributed by atoms with E-state index in [9.17, 15) is 9.59 Å². The number of nitrogens with one attached hydrogen (secondary N) is 2. The van der Waals surface area contributed by atoms with Gasteiger partial charge < -0.3 is 4.74 Å². The van der Waals surface area contributed by atoms with Crippen LogP contribution in [0.1, 0.15) is 15.9 Å². The molecule has 0 aliphatic heterocycles. The molecular formula is C16H15ClN2O3. The van der Waals surface area contributed by atoms with Gasteiger partial charge in [0.05, 0.1) is 10.6 Å². The van der Waals surface area contributed by atoms with Crippen LogP contribution in [-0.4, -0.2) is 18.4 Å². The van der Waals surface area contributed by atoms with Crippen LogP contribution in [0.15, 0.2) is 48.5 Å². The molecule has 0 aromatic heterocycles. The van der Waals surface area contributed by atoms with Crippen LogP contribution in [0, 0.1) is 6.92 Å². The number of amides is 2. The highest BCUT2D eigenvalue weighted by atomic mass is 35.5. The third-order valence-electron chi connectivity index (χ3n) is 2.82. The van der Waals surface area contributed by atoms with Crippen molar-refractivity contribution in [1.82, 2.24) is 10.9 Å². The maximum absolute atomic E-state index is 11.8. The number of halogens is 1. The molecule has 0 saturated carbocycles. The summed E-state index contributed by atoms with van der Waals surface area (Å²) >= 11 is 5.89. The Morgan fingerprint density at radius 2 is 1.73 bits per heavy atom. The van der Waals surface area contributed by atoms with Gasteiger partial charge >= 0.3 is 0 Å². The van der Waals surface area contributed by atoms with Gasteiger partial charge in [-0.05, 0) is 31.2 Å². The van der Waals surface area contributed by atoms with E-state index in [-0.39, 0.29) is 12.2 Å². The van der Waals surface area contributed by atoms with Crippen molar-refractivity contribution in [2.24, 2.45) is 0 Å². The van der Waals surface area contributed by atoms with E-state index in [1.54, 1.807) is 36.4 Å². The predicted octanol–water partition coefficient (Wildman–Crippen LogP) is 2.49. The number of aryl methyl sites for hydroxylation is 1. The summed E-state index contributed by atoms with van der Waals surface area (Å²) in [5, 5.41) is 0.310. The molecule has 0 saturated heterocycles. The maximum atomic E-state index is 11.8. The van der Waals surface area contributed by atoms with E-state index in [0.29, 0.717) is 10.8 Å². The summed E-state index contributed by atoms with van der Waals surface area (Å²) in [6.07, 6.45) is 0. The third-order valence-corrected chi connectivity index (χ3v) is 3.15. The highest BCUT2D eigenvalue weighted by Gasteiger charge is 2.10. The van der Waals surface area contributed by atoms with Crippen molar-refractivity contribution in [3.05, 3.63) is 64.7 Å². The fourth-order valence-electron chi connectivity index (χ4n) is 1.66. The molecule has 0 heterocycles. The molecule has 0 aliphatic rings. The number of benzene rings is 2. The van der Waals surface area contributed by atoms with Crippen molar-refractivity contribution in [2.75, 3.05) is 6.61 Å². The SMILES string of the molecule is Cc1ccc(OCC(=O)NNC(=O)c2ccccc2Cl)cc1. The van der Waals surface area contributed by atoms with Crippen LogP contribution in [0.3, 0.4) is 0 Å². The van der Waals surface area contributed by atoms with Gasteiger partial charge in [-0.2, -0.15) is 0 Å². The Kier molecular flexibility index (Phi) is 5.38. The lowest BCUT2D eigenvalue weighted by Gasteiger charge is -2.09. The van der Waals surface area contributed by atoms with Crippen LogP contribution in [0.5, 0.6) is 5.75 Å². The Hall–Kier alpha value is -2.53. The Morgan fingerprint density at radius 3 is 2.41 bits per heavy atom. The second-order valence-electron chi connectivity index (χ2n) is 4.58. The van der Waals surface area contributed by atoms with Crippen molar-refractivity contribution in [3.8, 4) is 5.75 Å². The molecule has 5 nitrogen and oxygen atoms in total. The molecule has 6 heteroatoms. The summed E-state index contributed by atoms with van der Waals surface area (Å²) in [4.78, 5) is 23.5. The number of carbonyl (C=O) groups excluding carboxylic acids is 2. The summed E-state index contributed by atoms with van der Waals surface area (Å²) in [5.41, 5.74) is 5.93. The van der Waals surface area contributed by atoms with Gasteiger partial charge in [0, 0.05) is 0 Å². The zero-order chi connectivity index (χ0) is 15.9. The van der Waals surface area contributed by atoms with Crippen LogP contribution in [-0.2, 0) is 4.79 Å². The molecule has 22 heavy (non-hydrogen) atoms. The second kappa shape index (κ2) is 7.47. The number of hydrogen-bond acceptors (Lipinski definition) is 3. The molecule has 0 aliphatic carbocycles. The van der Waals surface area contributed by atoms with E-state index in [0.717, 1.165) is 5.56 Å². The molecule has 0 fully saturated rings. The number of rotatable bonds is 4. The van der Waals surface area contributed by atoms with Crippen LogP contribution in [0.25, 0.3) is 0 Å². The molecular weight excluding hydrogens is 304 g/mol. The summed E-state index contributed by atoms with van der Waals surface area (Å²) in [6.45, 7) is 1.76. The fourth-order valence-corrected chi connectivity index (χ4v) is 1.88. The molecule has 2 N–H and O–H groups in total. The highest BCUT2D eigenvalue weighted by Crippen LogP contribution is 2.14. The van der Waals surface area contributed by atoms with Gasteiger partial charge in [-0.3, -0.25) is 20.4 Å². The Morgan fingerprint density at radius 1 is 1.05 bits per heavy atom. The van der Waals surface area contributed by atoms with Crippen molar-refractivity contribution in [3.63, 3.8) is 0 Å². The predicted molar refractivity (Wildman–Crippen MR) is 83.7 cm³/mol. The first-order valence-corrected chi connectivity index (χ1v) is 6.97. The van der Waals surface area contributed by atoms with Crippen LogP contribution in [0.2, 0.25) is 5.02 Å². The van der Waals surface area contributed by atoms with E-state index < -0.39 is 11.8 Å². The second-order valence-corrected chi connectivity index (χ2v) is 4.99. The van der Waals surface area contributed by atoms with Crippen molar-refractivity contribution >= 4 is 23.4 Å². The molecule has 0 atom stereocenters. The van der Waals surface area contributed by atoms with Gasteiger partial charge in [0.2, 0.25) is 0 Å². The monoisotopic (exact) mass is 318 g/mol. The van der Waals surface area contributed by atoms with Gasteiger partial charge in [-0.1, -0.05) is 41.4 Å². The zero-order valence-electron chi connectivity index (χ0n) is 11.9. The van der Waals surface area contributed by atoms with Crippen LogP contribution < -0.4 is 15.6 Å². The number of hydrazine groups is 1. The smallest absolute Gasteiger partial charge is 0.276 e. The average Bonchev–Trinajstić information content (AvgIpc) is 2.52. The van der Waals surface area contributed by atoms with E-state index in [1.807, 2.05) is 19.1 Å². The summed E-state index contributed by atoms with van der Waals surface area (Å²) in [6, 6.07) is 13.9. The molecule has 0 bridgehead atoms. The molecule has 2 aromatic rings. The molecule has 0 radical (unpaired) electrons. The minimum Gasteiger partial charge on any atom is -0.484 e. The largest absolute Gasteiger partial charge is 0.484 e. The number of carbonyl (C=O) groups is 2. The summed E-state index contributed by atoms with van der Waals surface area (Å²) < 4.78 is 5.30. The number of hydrogen-bond donors (Lipinski definition) is 2. The van der Waals surface area contributed by atoms with Gasteiger partial charge in [0.25, 0.3) is 11.8 Å². The molecule has 2 aromatic carbocycles. The van der Waals surface area contributed by atoms with Crippen LogP contribution >= 0.6 is 11.6 Å². The van der Waals surface area contributed by atoms with E-state index in [4.69, 9.17) is 16.3 Å². The first-order chi connectivity index (χ1) is 10.6. The van der Waals surface area contributed by atoms with Crippen molar-refractivity contribution in [2.45, 2.75) is 6.92 Å². The van der Waals surface area contributed by atoms with E-state index >= 15 is 0 Å². The van der Waals surface area contributed by atoms with Crippen LogP contribution in [0.4, 0.5) is 0 Å². The molecule has 0 spiro atoms. The first kappa shape index (κ1) is 15.9. The fraction of sp³-hybridized carbons (Fsp3) is 0.125. The summed E-state index contributed by atoms with van der Waals surface area (Å²) in [7, 11) is 0. The molecule has 2 amide bonds. The van der Waals surface area contributed by atoms with E-state index in [1.165, 1.54) is 0 Å². The van der Waals surface area contributed by atoms with Gasteiger partial charge in [-0.15, -0.1) is 0 Å². The normalized spacial score (nSPS) is 9.91. The van der Waals surface area contributed by atoms with Gasteiger partial charge in [-0.25, -0.2) is 0 Å².